The fourth-order valence-electron chi connectivity index (χ4n) is 2.92. The molecule has 8 heteroatoms. The Balaban J connectivity index is 1.45. The number of aromatic nitrogens is 3. The smallest absolute Gasteiger partial charge is 0.236 e. The van der Waals surface area contributed by atoms with Crippen LogP contribution in [0.2, 0.25) is 0 Å². The number of sulfonamides is 1. The lowest BCUT2D eigenvalue weighted by atomic mass is 10.2. The molecule has 0 saturated heterocycles. The quantitative estimate of drug-likeness (QED) is 0.481. The molecule has 0 aliphatic rings. The van der Waals surface area contributed by atoms with Crippen LogP contribution in [0, 0.1) is 6.92 Å². The van der Waals surface area contributed by atoms with Gasteiger partial charge >= 0.3 is 0 Å². The number of hydrogen-bond donors (Lipinski definition) is 1. The largest absolute Gasteiger partial charge is 0.439 e. The number of ether oxygens (including phenoxy) is 1. The topological polar surface area (TPSA) is 86.1 Å². The van der Waals surface area contributed by atoms with Gasteiger partial charge in [0.15, 0.2) is 0 Å². The molecular formula is C22H20N4O3S. The summed E-state index contributed by atoms with van der Waals surface area (Å²) in [5, 5.41) is 0. The van der Waals surface area contributed by atoms with Crippen LogP contribution >= 0.6 is 0 Å². The van der Waals surface area contributed by atoms with Crippen molar-refractivity contribution < 1.29 is 13.2 Å². The maximum Gasteiger partial charge on any atom is 0.236 e. The summed E-state index contributed by atoms with van der Waals surface area (Å²) in [5.74, 6) is 2.14. The second-order valence-corrected chi connectivity index (χ2v) is 8.40. The van der Waals surface area contributed by atoms with Crippen LogP contribution in [0.15, 0.2) is 85.2 Å². The van der Waals surface area contributed by atoms with Crippen LogP contribution in [0.4, 0.5) is 5.69 Å². The molecular weight excluding hydrogens is 400 g/mol. The van der Waals surface area contributed by atoms with Gasteiger partial charge in [-0.2, -0.15) is 4.98 Å². The zero-order valence-corrected chi connectivity index (χ0v) is 17.1. The van der Waals surface area contributed by atoms with Crippen LogP contribution in [0.3, 0.4) is 0 Å². The molecule has 30 heavy (non-hydrogen) atoms. The molecule has 7 nitrogen and oxygen atoms in total. The van der Waals surface area contributed by atoms with E-state index < -0.39 is 10.0 Å². The number of benzene rings is 2. The van der Waals surface area contributed by atoms with Crippen molar-refractivity contribution in [2.75, 3.05) is 4.72 Å². The number of rotatable bonds is 7. The first-order valence-electron chi connectivity index (χ1n) is 9.28. The lowest BCUT2D eigenvalue weighted by molar-refractivity contribution is 0.459. The molecule has 4 rings (SSSR count). The summed E-state index contributed by atoms with van der Waals surface area (Å²) in [6.07, 6.45) is 3.78. The Morgan fingerprint density at radius 2 is 1.63 bits per heavy atom. The highest BCUT2D eigenvalue weighted by Crippen LogP contribution is 2.24. The van der Waals surface area contributed by atoms with Gasteiger partial charge in [-0.1, -0.05) is 30.3 Å². The van der Waals surface area contributed by atoms with E-state index >= 15 is 0 Å². The Hall–Kier alpha value is -3.65. The van der Waals surface area contributed by atoms with E-state index in [0.717, 1.165) is 5.56 Å². The molecule has 0 radical (unpaired) electrons. The molecule has 0 bridgehead atoms. The summed E-state index contributed by atoms with van der Waals surface area (Å²) in [6.45, 7) is 1.80. The number of aryl methyl sites for hydroxylation is 1. The van der Waals surface area contributed by atoms with E-state index in [2.05, 4.69) is 14.7 Å². The summed E-state index contributed by atoms with van der Waals surface area (Å²) in [5.41, 5.74) is 1.19. The van der Waals surface area contributed by atoms with Crippen LogP contribution in [-0.2, 0) is 15.8 Å². The Kier molecular flexibility index (Phi) is 5.49. The van der Waals surface area contributed by atoms with E-state index in [1.807, 2.05) is 47.3 Å². The first-order chi connectivity index (χ1) is 14.5. The highest BCUT2D eigenvalue weighted by Gasteiger charge is 2.12. The van der Waals surface area contributed by atoms with Gasteiger partial charge in [0.1, 0.15) is 17.4 Å². The molecule has 2 heterocycles. The third-order valence-electron chi connectivity index (χ3n) is 4.22. The Morgan fingerprint density at radius 1 is 0.933 bits per heavy atom. The summed E-state index contributed by atoms with van der Waals surface area (Å²) >= 11 is 0. The first kappa shape index (κ1) is 19.7. The molecule has 1 N–H and O–H groups in total. The molecule has 0 unspecified atom stereocenters. The third kappa shape index (κ3) is 5.03. The minimum absolute atomic E-state index is 0.0888. The van der Waals surface area contributed by atoms with E-state index in [0.29, 0.717) is 29.0 Å². The van der Waals surface area contributed by atoms with E-state index in [1.54, 1.807) is 49.4 Å². The molecule has 0 aliphatic heterocycles. The van der Waals surface area contributed by atoms with Crippen LogP contribution < -0.4 is 9.46 Å². The fourth-order valence-corrected chi connectivity index (χ4v) is 4.12. The maximum absolute atomic E-state index is 12.4. The standard InChI is InChI=1S/C22H20N4O3S/c1-17-23-21(26-13-5-6-14-26)15-22(24-17)29-20-11-9-19(10-12-20)25-30(27,28)16-18-7-3-2-4-8-18/h2-15,25H,16H2,1H3. The Bertz CT molecular complexity index is 1220. The van der Waals surface area contributed by atoms with Gasteiger partial charge in [-0.25, -0.2) is 13.4 Å². The number of hydrogen-bond acceptors (Lipinski definition) is 5. The van der Waals surface area contributed by atoms with Gasteiger partial charge in [0.25, 0.3) is 0 Å². The minimum Gasteiger partial charge on any atom is -0.439 e. The van der Waals surface area contributed by atoms with Crippen molar-refractivity contribution >= 4 is 15.7 Å². The fraction of sp³-hybridized carbons (Fsp3) is 0.0909. The molecule has 2 aromatic heterocycles. The average molecular weight is 420 g/mol. The van der Waals surface area contributed by atoms with Crippen LogP contribution in [0.1, 0.15) is 11.4 Å². The van der Waals surface area contributed by atoms with E-state index in [1.165, 1.54) is 0 Å². The maximum atomic E-state index is 12.4. The average Bonchev–Trinajstić information content (AvgIpc) is 3.24. The van der Waals surface area contributed by atoms with Gasteiger partial charge < -0.3 is 9.30 Å². The van der Waals surface area contributed by atoms with Gasteiger partial charge in [0, 0.05) is 24.1 Å². The van der Waals surface area contributed by atoms with E-state index in [9.17, 15) is 8.42 Å². The predicted molar refractivity (Wildman–Crippen MR) is 115 cm³/mol. The molecule has 0 amide bonds. The molecule has 2 aromatic carbocycles. The summed E-state index contributed by atoms with van der Waals surface area (Å²) in [4.78, 5) is 8.71. The van der Waals surface area contributed by atoms with Crippen LogP contribution in [0.25, 0.3) is 5.82 Å². The number of nitrogens with zero attached hydrogens (tertiary/aromatic N) is 3. The zero-order chi connectivity index (χ0) is 21.0. The molecule has 0 saturated carbocycles. The number of nitrogens with one attached hydrogen (secondary N) is 1. The highest BCUT2D eigenvalue weighted by molar-refractivity contribution is 7.91. The van der Waals surface area contributed by atoms with E-state index in [-0.39, 0.29) is 5.75 Å². The second-order valence-electron chi connectivity index (χ2n) is 6.68. The van der Waals surface area contributed by atoms with Gasteiger partial charge in [0.2, 0.25) is 15.9 Å². The monoisotopic (exact) mass is 420 g/mol. The second kappa shape index (κ2) is 8.38. The predicted octanol–water partition coefficient (Wildman–Crippen LogP) is 4.31. The lowest BCUT2D eigenvalue weighted by Gasteiger charge is -2.10. The van der Waals surface area contributed by atoms with Crippen LogP contribution in [-0.4, -0.2) is 23.0 Å². The van der Waals surface area contributed by atoms with Gasteiger partial charge in [-0.3, -0.25) is 4.72 Å². The van der Waals surface area contributed by atoms with Gasteiger partial charge in [-0.15, -0.1) is 0 Å². The highest BCUT2D eigenvalue weighted by atomic mass is 32.2. The molecule has 0 atom stereocenters. The molecule has 0 aliphatic carbocycles. The van der Waals surface area contributed by atoms with E-state index in [4.69, 9.17) is 4.74 Å². The normalized spacial score (nSPS) is 11.2. The number of anilines is 1. The summed E-state index contributed by atoms with van der Waals surface area (Å²) < 4.78 is 35.0. The zero-order valence-electron chi connectivity index (χ0n) is 16.3. The van der Waals surface area contributed by atoms with Gasteiger partial charge in [0.05, 0.1) is 5.75 Å². The lowest BCUT2D eigenvalue weighted by Crippen LogP contribution is -2.14. The van der Waals surface area contributed by atoms with Crippen molar-refractivity contribution in [1.29, 1.82) is 0 Å². The minimum atomic E-state index is -3.51. The van der Waals surface area contributed by atoms with Crippen molar-refractivity contribution in [3.05, 3.63) is 96.6 Å². The first-order valence-corrected chi connectivity index (χ1v) is 10.9. The SMILES string of the molecule is Cc1nc(Oc2ccc(NS(=O)(=O)Cc3ccccc3)cc2)cc(-n2cccc2)n1. The van der Waals surface area contributed by atoms with Crippen molar-refractivity contribution in [3.8, 4) is 17.4 Å². The van der Waals surface area contributed by atoms with Crippen molar-refractivity contribution in [2.45, 2.75) is 12.7 Å². The van der Waals surface area contributed by atoms with Gasteiger partial charge in [-0.05, 0) is 48.9 Å². The summed E-state index contributed by atoms with van der Waals surface area (Å²) in [6, 6.07) is 21.3. The molecule has 4 aromatic rings. The van der Waals surface area contributed by atoms with Crippen molar-refractivity contribution in [2.24, 2.45) is 0 Å². The Labute approximate surface area is 175 Å². The molecule has 0 spiro atoms. The third-order valence-corrected chi connectivity index (χ3v) is 5.48. The van der Waals surface area contributed by atoms with Crippen LogP contribution in [0.5, 0.6) is 11.6 Å². The van der Waals surface area contributed by atoms with Crippen molar-refractivity contribution in [3.63, 3.8) is 0 Å². The molecule has 152 valence electrons. The van der Waals surface area contributed by atoms with Crippen molar-refractivity contribution in [1.82, 2.24) is 14.5 Å². The Morgan fingerprint density at radius 3 is 2.33 bits per heavy atom. The summed E-state index contributed by atoms with van der Waals surface area (Å²) in [7, 11) is -3.51. The molecule has 0 fully saturated rings.